The Labute approximate surface area is 85.4 Å². The molecular formula is C11H19NO2. The van der Waals surface area contributed by atoms with Crippen LogP contribution in [0.4, 0.5) is 0 Å². The minimum Gasteiger partial charge on any atom is -0.359 e. The van der Waals surface area contributed by atoms with Crippen LogP contribution in [0.15, 0.2) is 0 Å². The van der Waals surface area contributed by atoms with Crippen LogP contribution in [0.5, 0.6) is 0 Å². The molecule has 2 aliphatic rings. The third kappa shape index (κ3) is 1.65. The summed E-state index contributed by atoms with van der Waals surface area (Å²) in [7, 11) is 0. The Morgan fingerprint density at radius 1 is 1.36 bits per heavy atom. The van der Waals surface area contributed by atoms with Crippen molar-refractivity contribution < 1.29 is 9.53 Å². The van der Waals surface area contributed by atoms with E-state index < -0.39 is 0 Å². The Morgan fingerprint density at radius 2 is 2.00 bits per heavy atom. The zero-order valence-electron chi connectivity index (χ0n) is 9.08. The van der Waals surface area contributed by atoms with Gasteiger partial charge in [-0.1, -0.05) is 12.8 Å². The van der Waals surface area contributed by atoms with Gasteiger partial charge in [0.05, 0.1) is 12.1 Å². The van der Waals surface area contributed by atoms with Crippen molar-refractivity contribution in [1.29, 1.82) is 0 Å². The van der Waals surface area contributed by atoms with E-state index >= 15 is 0 Å². The molecule has 0 N–H and O–H groups in total. The number of ether oxygens (including phenoxy) is 1. The highest BCUT2D eigenvalue weighted by Gasteiger charge is 2.39. The molecule has 3 nitrogen and oxygen atoms in total. The van der Waals surface area contributed by atoms with Crippen LogP contribution in [0.2, 0.25) is 0 Å². The summed E-state index contributed by atoms with van der Waals surface area (Å²) in [6.45, 7) is 5.31. The zero-order valence-corrected chi connectivity index (χ0v) is 9.08. The Bertz CT molecular complexity index is 231. The number of carbonyl (C=O) groups excluding carboxylic acids is 1. The first-order chi connectivity index (χ1) is 6.61. The summed E-state index contributed by atoms with van der Waals surface area (Å²) in [6.07, 6.45) is 4.58. The minimum absolute atomic E-state index is 0.0975. The average molecular weight is 197 g/mol. The smallest absolute Gasteiger partial charge is 0.228 e. The van der Waals surface area contributed by atoms with E-state index in [0.29, 0.717) is 19.2 Å². The van der Waals surface area contributed by atoms with Crippen molar-refractivity contribution in [3.8, 4) is 0 Å². The molecule has 0 aromatic rings. The summed E-state index contributed by atoms with van der Waals surface area (Å²) in [5.74, 6) is 0.584. The molecule has 1 amide bonds. The molecular weight excluding hydrogens is 178 g/mol. The second kappa shape index (κ2) is 3.54. The van der Waals surface area contributed by atoms with E-state index in [4.69, 9.17) is 4.74 Å². The first-order valence-electron chi connectivity index (χ1n) is 5.50. The van der Waals surface area contributed by atoms with Crippen molar-refractivity contribution in [2.45, 2.75) is 45.1 Å². The zero-order chi connectivity index (χ0) is 10.2. The lowest BCUT2D eigenvalue weighted by Crippen LogP contribution is -2.46. The minimum atomic E-state index is -0.0975. The monoisotopic (exact) mass is 197 g/mol. The Kier molecular flexibility index (Phi) is 2.52. The van der Waals surface area contributed by atoms with Crippen molar-refractivity contribution in [1.82, 2.24) is 4.90 Å². The third-order valence-electron chi connectivity index (χ3n) is 3.38. The van der Waals surface area contributed by atoms with Crippen LogP contribution >= 0.6 is 0 Å². The first kappa shape index (κ1) is 9.97. The van der Waals surface area contributed by atoms with E-state index in [1.807, 2.05) is 4.90 Å². The normalized spacial score (nSPS) is 27.1. The second-order valence-corrected chi connectivity index (χ2v) is 5.04. The lowest BCUT2D eigenvalue weighted by molar-refractivity contribution is -0.139. The van der Waals surface area contributed by atoms with Gasteiger partial charge in [0.25, 0.3) is 0 Å². The molecule has 80 valence electrons. The fraction of sp³-hybridized carbons (Fsp3) is 0.909. The van der Waals surface area contributed by atoms with Gasteiger partial charge in [0.15, 0.2) is 0 Å². The summed E-state index contributed by atoms with van der Waals surface area (Å²) in [6, 6.07) is 0. The van der Waals surface area contributed by atoms with Gasteiger partial charge in [-0.15, -0.1) is 0 Å². The van der Waals surface area contributed by atoms with Crippen LogP contribution in [-0.2, 0) is 9.53 Å². The predicted octanol–water partition coefficient (Wildman–Crippen LogP) is 1.77. The highest BCUT2D eigenvalue weighted by Crippen LogP contribution is 2.31. The van der Waals surface area contributed by atoms with Gasteiger partial charge in [-0.3, -0.25) is 4.79 Å². The maximum Gasteiger partial charge on any atom is 0.228 e. The molecule has 0 atom stereocenters. The van der Waals surface area contributed by atoms with Crippen LogP contribution in [-0.4, -0.2) is 29.7 Å². The van der Waals surface area contributed by atoms with Gasteiger partial charge in [0, 0.05) is 5.92 Å². The predicted molar refractivity (Wildman–Crippen MR) is 53.7 cm³/mol. The quantitative estimate of drug-likeness (QED) is 0.641. The van der Waals surface area contributed by atoms with Crippen molar-refractivity contribution in [2.75, 3.05) is 13.3 Å². The molecule has 0 bridgehead atoms. The maximum atomic E-state index is 12.1. The van der Waals surface area contributed by atoms with E-state index in [2.05, 4.69) is 13.8 Å². The Balaban J connectivity index is 2.03. The summed E-state index contributed by atoms with van der Waals surface area (Å²) < 4.78 is 5.36. The highest BCUT2D eigenvalue weighted by atomic mass is 16.5. The molecule has 14 heavy (non-hydrogen) atoms. The number of carbonyl (C=O) groups is 1. The van der Waals surface area contributed by atoms with Gasteiger partial charge in [0.1, 0.15) is 6.73 Å². The lowest BCUT2D eigenvalue weighted by Gasteiger charge is -2.31. The molecule has 1 aliphatic heterocycles. The van der Waals surface area contributed by atoms with E-state index in [0.717, 1.165) is 12.8 Å². The SMILES string of the molecule is CC1(C)COCN1C(=O)C1CCCC1. The van der Waals surface area contributed by atoms with Gasteiger partial charge in [-0.05, 0) is 26.7 Å². The van der Waals surface area contributed by atoms with Gasteiger partial charge < -0.3 is 9.64 Å². The number of nitrogens with zero attached hydrogens (tertiary/aromatic N) is 1. The summed E-state index contributed by atoms with van der Waals surface area (Å²) in [4.78, 5) is 14.0. The average Bonchev–Trinajstić information content (AvgIpc) is 2.71. The van der Waals surface area contributed by atoms with Crippen LogP contribution in [0, 0.1) is 5.92 Å². The Morgan fingerprint density at radius 3 is 2.50 bits per heavy atom. The molecule has 2 fully saturated rings. The number of rotatable bonds is 1. The standard InChI is InChI=1S/C11H19NO2/c1-11(2)7-14-8-12(11)10(13)9-5-3-4-6-9/h9H,3-8H2,1-2H3. The summed E-state index contributed by atoms with van der Waals surface area (Å²) >= 11 is 0. The van der Waals surface area contributed by atoms with E-state index in [1.165, 1.54) is 12.8 Å². The molecule has 0 aromatic carbocycles. The molecule has 1 aliphatic carbocycles. The Hall–Kier alpha value is -0.570. The van der Waals surface area contributed by atoms with Gasteiger partial charge >= 0.3 is 0 Å². The molecule has 2 rings (SSSR count). The molecule has 0 unspecified atom stereocenters. The number of hydrogen-bond donors (Lipinski definition) is 0. The van der Waals surface area contributed by atoms with Gasteiger partial charge in [-0.2, -0.15) is 0 Å². The molecule has 1 saturated carbocycles. The fourth-order valence-corrected chi connectivity index (χ4v) is 2.39. The number of amides is 1. The molecule has 0 radical (unpaired) electrons. The van der Waals surface area contributed by atoms with E-state index in [9.17, 15) is 4.79 Å². The second-order valence-electron chi connectivity index (χ2n) is 5.04. The summed E-state index contributed by atoms with van der Waals surface area (Å²) in [5, 5.41) is 0. The van der Waals surface area contributed by atoms with Crippen LogP contribution in [0.25, 0.3) is 0 Å². The third-order valence-corrected chi connectivity index (χ3v) is 3.38. The molecule has 1 heterocycles. The largest absolute Gasteiger partial charge is 0.359 e. The molecule has 0 aromatic heterocycles. The van der Waals surface area contributed by atoms with E-state index in [-0.39, 0.29) is 11.5 Å². The van der Waals surface area contributed by atoms with Crippen molar-refractivity contribution >= 4 is 5.91 Å². The topological polar surface area (TPSA) is 29.5 Å². The molecule has 0 spiro atoms. The van der Waals surface area contributed by atoms with Crippen molar-refractivity contribution in [2.24, 2.45) is 5.92 Å². The highest BCUT2D eigenvalue weighted by molar-refractivity contribution is 5.80. The maximum absolute atomic E-state index is 12.1. The van der Waals surface area contributed by atoms with Crippen LogP contribution < -0.4 is 0 Å². The summed E-state index contributed by atoms with van der Waals surface area (Å²) in [5.41, 5.74) is -0.0975. The van der Waals surface area contributed by atoms with Gasteiger partial charge in [0.2, 0.25) is 5.91 Å². The van der Waals surface area contributed by atoms with Crippen LogP contribution in [0.3, 0.4) is 0 Å². The molecule has 1 saturated heterocycles. The van der Waals surface area contributed by atoms with Crippen molar-refractivity contribution in [3.05, 3.63) is 0 Å². The molecule has 3 heteroatoms. The first-order valence-corrected chi connectivity index (χ1v) is 5.50. The fourth-order valence-electron chi connectivity index (χ4n) is 2.39. The number of hydrogen-bond acceptors (Lipinski definition) is 2. The lowest BCUT2D eigenvalue weighted by atomic mass is 10.0. The van der Waals surface area contributed by atoms with Crippen LogP contribution in [0.1, 0.15) is 39.5 Å². The van der Waals surface area contributed by atoms with Gasteiger partial charge in [-0.25, -0.2) is 0 Å². The van der Waals surface area contributed by atoms with E-state index in [1.54, 1.807) is 0 Å². The van der Waals surface area contributed by atoms with Crippen molar-refractivity contribution in [3.63, 3.8) is 0 Å².